The lowest BCUT2D eigenvalue weighted by atomic mass is 10.3. The average Bonchev–Trinajstić information content (AvgIpc) is 2.62. The number of likely N-dealkylation sites (N-methyl/N-ethyl adjacent to an activating group) is 1. The summed E-state index contributed by atoms with van der Waals surface area (Å²) in [7, 11) is 2.17. The number of rotatable bonds is 2. The Balaban J connectivity index is 1.83. The van der Waals surface area contributed by atoms with Crippen molar-refractivity contribution in [2.45, 2.75) is 6.54 Å². The van der Waals surface area contributed by atoms with Gasteiger partial charge in [-0.3, -0.25) is 4.90 Å². The maximum atomic E-state index is 3.86. The van der Waals surface area contributed by atoms with E-state index >= 15 is 0 Å². The second-order valence-electron chi connectivity index (χ2n) is 3.46. The standard InChI is InChI=1S/C8H14N4S/c1-11-2-4-12(5-3-11)7-8-6-9-10-13-8/h6H,2-5,7H2,1H3. The van der Waals surface area contributed by atoms with Crippen molar-refractivity contribution in [2.75, 3.05) is 33.2 Å². The number of nitrogens with zero attached hydrogens (tertiary/aromatic N) is 4. The first kappa shape index (κ1) is 9.05. The minimum Gasteiger partial charge on any atom is -0.304 e. The molecule has 0 aromatic carbocycles. The fourth-order valence-corrected chi connectivity index (χ4v) is 2.02. The molecule has 0 radical (unpaired) electrons. The molecule has 0 spiro atoms. The van der Waals surface area contributed by atoms with E-state index < -0.39 is 0 Å². The lowest BCUT2D eigenvalue weighted by molar-refractivity contribution is 0.149. The van der Waals surface area contributed by atoms with Crippen LogP contribution in [0, 0.1) is 0 Å². The fourth-order valence-electron chi connectivity index (χ4n) is 1.48. The van der Waals surface area contributed by atoms with Crippen molar-refractivity contribution in [3.05, 3.63) is 11.1 Å². The van der Waals surface area contributed by atoms with Crippen LogP contribution in [0.5, 0.6) is 0 Å². The molecule has 1 aliphatic heterocycles. The van der Waals surface area contributed by atoms with Gasteiger partial charge in [0, 0.05) is 32.7 Å². The zero-order valence-corrected chi connectivity index (χ0v) is 8.63. The van der Waals surface area contributed by atoms with Crippen LogP contribution in [-0.2, 0) is 6.54 Å². The van der Waals surface area contributed by atoms with Crippen molar-refractivity contribution in [3.8, 4) is 0 Å². The van der Waals surface area contributed by atoms with E-state index in [1.807, 2.05) is 6.20 Å². The number of hydrogen-bond acceptors (Lipinski definition) is 5. The van der Waals surface area contributed by atoms with Gasteiger partial charge in [0.25, 0.3) is 0 Å². The van der Waals surface area contributed by atoms with Crippen LogP contribution in [0.25, 0.3) is 0 Å². The predicted molar refractivity (Wildman–Crippen MR) is 52.7 cm³/mol. The number of hydrogen-bond donors (Lipinski definition) is 0. The maximum Gasteiger partial charge on any atom is 0.0666 e. The Morgan fingerprint density at radius 2 is 2.15 bits per heavy atom. The summed E-state index contributed by atoms with van der Waals surface area (Å²) in [6.45, 7) is 5.69. The minimum atomic E-state index is 1.02. The molecule has 0 atom stereocenters. The molecule has 0 amide bonds. The lowest BCUT2D eigenvalue weighted by Crippen LogP contribution is -2.43. The molecule has 1 aromatic rings. The van der Waals surface area contributed by atoms with E-state index in [0.717, 1.165) is 19.6 Å². The van der Waals surface area contributed by atoms with Gasteiger partial charge in [0.05, 0.1) is 11.1 Å². The molecule has 2 rings (SSSR count). The van der Waals surface area contributed by atoms with Crippen LogP contribution in [0.4, 0.5) is 0 Å². The topological polar surface area (TPSA) is 32.3 Å². The molecule has 0 bridgehead atoms. The van der Waals surface area contributed by atoms with Gasteiger partial charge in [-0.25, -0.2) is 0 Å². The summed E-state index contributed by atoms with van der Waals surface area (Å²) in [5.74, 6) is 0. The summed E-state index contributed by atoms with van der Waals surface area (Å²) >= 11 is 1.50. The Hall–Kier alpha value is -0.520. The van der Waals surface area contributed by atoms with Gasteiger partial charge in [0.15, 0.2) is 0 Å². The highest BCUT2D eigenvalue weighted by Gasteiger charge is 2.14. The van der Waals surface area contributed by atoms with Crippen LogP contribution in [0.2, 0.25) is 0 Å². The Morgan fingerprint density at radius 3 is 2.77 bits per heavy atom. The van der Waals surface area contributed by atoms with Gasteiger partial charge in [-0.15, -0.1) is 5.10 Å². The quantitative estimate of drug-likeness (QED) is 0.683. The molecular formula is C8H14N4S. The summed E-state index contributed by atoms with van der Waals surface area (Å²) in [5, 5.41) is 3.83. The normalized spacial score (nSPS) is 20.7. The molecule has 0 aliphatic carbocycles. The molecule has 0 unspecified atom stereocenters. The van der Waals surface area contributed by atoms with Crippen molar-refractivity contribution in [2.24, 2.45) is 0 Å². The SMILES string of the molecule is CN1CCN(Cc2cnns2)CC1. The van der Waals surface area contributed by atoms with E-state index in [-0.39, 0.29) is 0 Å². The Morgan fingerprint density at radius 1 is 1.38 bits per heavy atom. The smallest absolute Gasteiger partial charge is 0.0666 e. The lowest BCUT2D eigenvalue weighted by Gasteiger charge is -2.31. The van der Waals surface area contributed by atoms with E-state index in [1.54, 1.807) is 0 Å². The van der Waals surface area contributed by atoms with Gasteiger partial charge in [0.1, 0.15) is 0 Å². The molecule has 1 aliphatic rings. The largest absolute Gasteiger partial charge is 0.304 e. The maximum absolute atomic E-state index is 3.86. The Labute approximate surface area is 82.3 Å². The monoisotopic (exact) mass is 198 g/mol. The van der Waals surface area contributed by atoms with Crippen LogP contribution < -0.4 is 0 Å². The summed E-state index contributed by atoms with van der Waals surface area (Å²) in [6, 6.07) is 0. The molecule has 2 heterocycles. The van der Waals surface area contributed by atoms with Crippen LogP contribution in [0.15, 0.2) is 6.20 Å². The van der Waals surface area contributed by atoms with E-state index in [0.29, 0.717) is 0 Å². The van der Waals surface area contributed by atoms with Crippen LogP contribution in [0.1, 0.15) is 4.88 Å². The molecule has 72 valence electrons. The first-order chi connectivity index (χ1) is 6.34. The molecule has 13 heavy (non-hydrogen) atoms. The summed E-state index contributed by atoms with van der Waals surface area (Å²) in [6.07, 6.45) is 1.86. The Kier molecular flexibility index (Phi) is 2.87. The van der Waals surface area contributed by atoms with Crippen molar-refractivity contribution < 1.29 is 0 Å². The highest BCUT2D eigenvalue weighted by atomic mass is 32.1. The summed E-state index contributed by atoms with van der Waals surface area (Å²) < 4.78 is 3.86. The first-order valence-corrected chi connectivity index (χ1v) is 5.29. The molecule has 1 saturated heterocycles. The van der Waals surface area contributed by atoms with Crippen molar-refractivity contribution >= 4 is 11.5 Å². The average molecular weight is 198 g/mol. The third kappa shape index (κ3) is 2.46. The highest BCUT2D eigenvalue weighted by Crippen LogP contribution is 2.08. The number of piperazine rings is 1. The van der Waals surface area contributed by atoms with Gasteiger partial charge >= 0.3 is 0 Å². The fraction of sp³-hybridized carbons (Fsp3) is 0.750. The van der Waals surface area contributed by atoms with Gasteiger partial charge in [-0.05, 0) is 18.6 Å². The molecule has 1 fully saturated rings. The third-order valence-corrected chi connectivity index (χ3v) is 3.03. The summed E-state index contributed by atoms with van der Waals surface area (Å²) in [5.41, 5.74) is 0. The predicted octanol–water partition coefficient (Wildman–Crippen LogP) is 0.285. The molecule has 4 nitrogen and oxygen atoms in total. The van der Waals surface area contributed by atoms with Crippen LogP contribution >= 0.6 is 11.5 Å². The Bertz CT molecular complexity index is 241. The van der Waals surface area contributed by atoms with Crippen molar-refractivity contribution in [3.63, 3.8) is 0 Å². The minimum absolute atomic E-state index is 1.02. The zero-order valence-electron chi connectivity index (χ0n) is 7.81. The highest BCUT2D eigenvalue weighted by molar-refractivity contribution is 7.05. The molecule has 0 saturated carbocycles. The first-order valence-electron chi connectivity index (χ1n) is 4.52. The third-order valence-electron chi connectivity index (χ3n) is 2.38. The second kappa shape index (κ2) is 4.13. The van der Waals surface area contributed by atoms with E-state index in [4.69, 9.17) is 0 Å². The summed E-state index contributed by atoms with van der Waals surface area (Å²) in [4.78, 5) is 6.08. The molecular weight excluding hydrogens is 184 g/mol. The van der Waals surface area contributed by atoms with Crippen molar-refractivity contribution in [1.82, 2.24) is 19.4 Å². The number of aromatic nitrogens is 2. The van der Waals surface area contributed by atoms with Crippen LogP contribution in [0.3, 0.4) is 0 Å². The van der Waals surface area contributed by atoms with Gasteiger partial charge < -0.3 is 4.90 Å². The van der Waals surface area contributed by atoms with Crippen molar-refractivity contribution in [1.29, 1.82) is 0 Å². The van der Waals surface area contributed by atoms with Gasteiger partial charge in [0.2, 0.25) is 0 Å². The molecule has 5 heteroatoms. The van der Waals surface area contributed by atoms with Crippen LogP contribution in [-0.4, -0.2) is 52.6 Å². The molecule has 0 N–H and O–H groups in total. The van der Waals surface area contributed by atoms with E-state index in [1.165, 1.54) is 29.5 Å². The van der Waals surface area contributed by atoms with E-state index in [2.05, 4.69) is 26.4 Å². The van der Waals surface area contributed by atoms with E-state index in [9.17, 15) is 0 Å². The second-order valence-corrected chi connectivity index (χ2v) is 4.33. The van der Waals surface area contributed by atoms with Gasteiger partial charge in [-0.2, -0.15) is 0 Å². The molecule has 1 aromatic heterocycles. The zero-order chi connectivity index (χ0) is 9.10. The van der Waals surface area contributed by atoms with Gasteiger partial charge in [-0.1, -0.05) is 4.49 Å².